The monoisotopic (exact) mass is 346 g/mol. The Labute approximate surface area is 148 Å². The summed E-state index contributed by atoms with van der Waals surface area (Å²) in [6.07, 6.45) is 4.57. The fourth-order valence-corrected chi connectivity index (χ4v) is 3.22. The molecule has 0 unspecified atom stereocenters. The molecule has 1 aromatic carbocycles. The minimum Gasteiger partial charge on any atom is -0.484 e. The highest BCUT2D eigenvalue weighted by Crippen LogP contribution is 2.25. The third-order valence-corrected chi connectivity index (χ3v) is 4.75. The van der Waals surface area contributed by atoms with E-state index in [1.807, 2.05) is 43.5 Å². The number of nitrogens with one attached hydrogen (secondary N) is 1. The molecule has 130 valence electrons. The Morgan fingerprint density at radius 3 is 2.67 bits per heavy atom. The Morgan fingerprint density at radius 2 is 2.04 bits per heavy atom. The van der Waals surface area contributed by atoms with Crippen molar-refractivity contribution < 1.29 is 9.53 Å². The molecule has 4 nitrogen and oxygen atoms in total. The highest BCUT2D eigenvalue weighted by Gasteiger charge is 2.08. The summed E-state index contributed by atoms with van der Waals surface area (Å²) < 4.78 is 5.56. The molecule has 0 radical (unpaired) electrons. The average Bonchev–Trinajstić information content (AvgIpc) is 3.00. The normalized spacial score (nSPS) is 12.0. The largest absolute Gasteiger partial charge is 0.484 e. The van der Waals surface area contributed by atoms with E-state index < -0.39 is 0 Å². The maximum Gasteiger partial charge on any atom is 0.258 e. The smallest absolute Gasteiger partial charge is 0.258 e. The van der Waals surface area contributed by atoms with Gasteiger partial charge < -0.3 is 10.1 Å². The molecule has 1 aromatic heterocycles. The lowest BCUT2D eigenvalue weighted by Crippen LogP contribution is -2.36. The lowest BCUT2D eigenvalue weighted by atomic mass is 10.1. The van der Waals surface area contributed by atoms with Crippen molar-refractivity contribution in [2.24, 2.45) is 0 Å². The summed E-state index contributed by atoms with van der Waals surface area (Å²) in [7, 11) is 0. The van der Waals surface area contributed by atoms with Crippen molar-refractivity contribution >= 4 is 17.2 Å². The molecular weight excluding hydrogens is 320 g/mol. The number of ether oxygens (including phenoxy) is 1. The van der Waals surface area contributed by atoms with Crippen molar-refractivity contribution in [3.05, 3.63) is 35.3 Å². The number of aromatic nitrogens is 1. The number of aryl methyl sites for hydroxylation is 1. The number of amides is 1. The highest BCUT2D eigenvalue weighted by atomic mass is 32.1. The van der Waals surface area contributed by atoms with E-state index in [0.29, 0.717) is 5.75 Å². The fourth-order valence-electron chi connectivity index (χ4n) is 2.42. The summed E-state index contributed by atoms with van der Waals surface area (Å²) >= 11 is 1.63. The predicted molar refractivity (Wildman–Crippen MR) is 99.5 cm³/mol. The molecule has 2 rings (SSSR count). The third-order valence-electron chi connectivity index (χ3n) is 3.74. The molecule has 0 fully saturated rings. The Morgan fingerprint density at radius 1 is 1.29 bits per heavy atom. The first-order chi connectivity index (χ1) is 11.6. The summed E-state index contributed by atoms with van der Waals surface area (Å²) in [6.45, 7) is 6.25. The van der Waals surface area contributed by atoms with Crippen molar-refractivity contribution in [2.75, 3.05) is 6.61 Å². The summed E-state index contributed by atoms with van der Waals surface area (Å²) in [5.41, 5.74) is 2.09. The van der Waals surface area contributed by atoms with Crippen LogP contribution in [0.3, 0.4) is 0 Å². The lowest BCUT2D eigenvalue weighted by Gasteiger charge is -2.14. The van der Waals surface area contributed by atoms with Crippen LogP contribution in [0.4, 0.5) is 0 Å². The maximum atomic E-state index is 11.9. The van der Waals surface area contributed by atoms with Gasteiger partial charge in [-0.15, -0.1) is 11.3 Å². The van der Waals surface area contributed by atoms with Gasteiger partial charge in [-0.3, -0.25) is 4.79 Å². The SMILES string of the molecule is CCCCC[C@@H](C)NC(=O)COc1ccc(-c2nc(C)cs2)cc1. The van der Waals surface area contributed by atoms with Crippen LogP contribution in [0.25, 0.3) is 10.6 Å². The van der Waals surface area contributed by atoms with Crippen molar-refractivity contribution in [1.82, 2.24) is 10.3 Å². The number of carbonyl (C=O) groups is 1. The molecule has 1 amide bonds. The van der Waals surface area contributed by atoms with Gasteiger partial charge in [-0.2, -0.15) is 0 Å². The Bertz CT molecular complexity index is 637. The second-order valence-corrected chi connectivity index (χ2v) is 6.93. The number of hydrogen-bond donors (Lipinski definition) is 1. The number of nitrogens with zero attached hydrogens (tertiary/aromatic N) is 1. The van der Waals surface area contributed by atoms with E-state index in [9.17, 15) is 4.79 Å². The molecule has 0 spiro atoms. The molecule has 0 saturated carbocycles. The second kappa shape index (κ2) is 9.42. The van der Waals surface area contributed by atoms with Crippen LogP contribution in [0.2, 0.25) is 0 Å². The van der Waals surface area contributed by atoms with Gasteiger partial charge in [-0.1, -0.05) is 26.2 Å². The topological polar surface area (TPSA) is 51.2 Å². The molecule has 0 aliphatic carbocycles. The van der Waals surface area contributed by atoms with Crippen molar-refractivity contribution in [2.45, 2.75) is 52.5 Å². The van der Waals surface area contributed by atoms with E-state index >= 15 is 0 Å². The number of rotatable bonds is 9. The second-order valence-electron chi connectivity index (χ2n) is 6.07. The van der Waals surface area contributed by atoms with Gasteiger partial charge in [0, 0.05) is 22.7 Å². The summed E-state index contributed by atoms with van der Waals surface area (Å²) in [5.74, 6) is 0.624. The maximum absolute atomic E-state index is 11.9. The number of thiazole rings is 1. The van der Waals surface area contributed by atoms with E-state index in [1.165, 1.54) is 12.8 Å². The molecule has 1 atom stereocenters. The van der Waals surface area contributed by atoms with Crippen LogP contribution < -0.4 is 10.1 Å². The third kappa shape index (κ3) is 5.96. The van der Waals surface area contributed by atoms with Crippen LogP contribution in [0.1, 0.15) is 45.2 Å². The average molecular weight is 346 g/mol. The molecule has 5 heteroatoms. The number of hydrogen-bond acceptors (Lipinski definition) is 4. The molecule has 0 aliphatic rings. The molecule has 24 heavy (non-hydrogen) atoms. The van der Waals surface area contributed by atoms with Gasteiger partial charge in [0.1, 0.15) is 10.8 Å². The molecular formula is C19H26N2O2S. The molecule has 0 aliphatic heterocycles. The first-order valence-electron chi connectivity index (χ1n) is 8.53. The van der Waals surface area contributed by atoms with Crippen molar-refractivity contribution in [1.29, 1.82) is 0 Å². The summed E-state index contributed by atoms with van der Waals surface area (Å²) in [4.78, 5) is 16.4. The van der Waals surface area contributed by atoms with Gasteiger partial charge in [-0.25, -0.2) is 4.98 Å². The van der Waals surface area contributed by atoms with E-state index in [4.69, 9.17) is 4.74 Å². The van der Waals surface area contributed by atoms with Crippen LogP contribution in [0.15, 0.2) is 29.6 Å². The van der Waals surface area contributed by atoms with Gasteiger partial charge >= 0.3 is 0 Å². The van der Waals surface area contributed by atoms with E-state index in [1.54, 1.807) is 11.3 Å². The van der Waals surface area contributed by atoms with Crippen LogP contribution in [-0.4, -0.2) is 23.5 Å². The first kappa shape index (κ1) is 18.5. The highest BCUT2D eigenvalue weighted by molar-refractivity contribution is 7.13. The van der Waals surface area contributed by atoms with Crippen LogP contribution >= 0.6 is 11.3 Å². The van der Waals surface area contributed by atoms with Gasteiger partial charge in [-0.05, 0) is 44.5 Å². The van der Waals surface area contributed by atoms with Gasteiger partial charge in [0.25, 0.3) is 5.91 Å². The Kier molecular flexibility index (Phi) is 7.25. The van der Waals surface area contributed by atoms with E-state index in [2.05, 4.69) is 17.2 Å². The zero-order valence-electron chi connectivity index (χ0n) is 14.7. The van der Waals surface area contributed by atoms with Crippen LogP contribution in [0, 0.1) is 6.92 Å². The fraction of sp³-hybridized carbons (Fsp3) is 0.474. The van der Waals surface area contributed by atoms with E-state index in [-0.39, 0.29) is 18.6 Å². The van der Waals surface area contributed by atoms with Crippen molar-refractivity contribution in [3.8, 4) is 16.3 Å². The van der Waals surface area contributed by atoms with Crippen molar-refractivity contribution in [3.63, 3.8) is 0 Å². The van der Waals surface area contributed by atoms with Gasteiger partial charge in [0.2, 0.25) is 0 Å². The standard InChI is InChI=1S/C19H26N2O2S/c1-4-5-6-7-14(2)20-18(22)12-23-17-10-8-16(9-11-17)19-21-15(3)13-24-19/h8-11,13-14H,4-7,12H2,1-3H3,(H,20,22)/t14-/m1/s1. The first-order valence-corrected chi connectivity index (χ1v) is 9.41. The lowest BCUT2D eigenvalue weighted by molar-refractivity contribution is -0.123. The molecule has 0 saturated heterocycles. The molecule has 1 N–H and O–H groups in total. The van der Waals surface area contributed by atoms with Crippen LogP contribution in [-0.2, 0) is 4.79 Å². The zero-order chi connectivity index (χ0) is 17.4. The number of unbranched alkanes of at least 4 members (excludes halogenated alkanes) is 2. The predicted octanol–water partition coefficient (Wildman–Crippen LogP) is 4.58. The zero-order valence-corrected chi connectivity index (χ0v) is 15.5. The minimum absolute atomic E-state index is 0.0494. The Hall–Kier alpha value is -1.88. The van der Waals surface area contributed by atoms with E-state index in [0.717, 1.165) is 29.1 Å². The quantitative estimate of drug-likeness (QED) is 0.676. The number of benzene rings is 1. The summed E-state index contributed by atoms with van der Waals surface area (Å²) in [6, 6.07) is 7.90. The number of carbonyl (C=O) groups excluding carboxylic acids is 1. The molecule has 2 aromatic rings. The van der Waals surface area contributed by atoms with Gasteiger partial charge in [0.05, 0.1) is 0 Å². The van der Waals surface area contributed by atoms with Gasteiger partial charge in [0.15, 0.2) is 6.61 Å². The Balaban J connectivity index is 1.76. The molecule has 1 heterocycles. The minimum atomic E-state index is -0.0707. The summed E-state index contributed by atoms with van der Waals surface area (Å²) in [5, 5.41) is 6.01. The van der Waals surface area contributed by atoms with Crippen LogP contribution in [0.5, 0.6) is 5.75 Å². The molecule has 0 bridgehead atoms.